The molecule has 2 heterocycles. The zero-order chi connectivity index (χ0) is 22.9. The molecule has 10 nitrogen and oxygen atoms in total. The maximum atomic E-state index is 12.8. The van der Waals surface area contributed by atoms with Crippen molar-refractivity contribution in [3.05, 3.63) is 49.9 Å². The molecule has 1 aromatic rings. The minimum atomic E-state index is -3.73. The number of ether oxygens (including phenoxy) is 1. The molecule has 0 saturated carbocycles. The molecular formula is C18H20N2O8S3. The van der Waals surface area contributed by atoms with E-state index in [9.17, 15) is 28.1 Å². The van der Waals surface area contributed by atoms with E-state index in [-0.39, 0.29) is 18.0 Å². The molecule has 168 valence electrons. The Hall–Kier alpha value is -2.09. The van der Waals surface area contributed by atoms with Gasteiger partial charge in [-0.15, -0.1) is 11.8 Å². The normalized spacial score (nSPS) is 21.5. The summed E-state index contributed by atoms with van der Waals surface area (Å²) in [5, 5.41) is 10.3. The number of fused-ring (bicyclic) bond motifs is 1. The Morgan fingerprint density at radius 3 is 2.55 bits per heavy atom. The Kier molecular flexibility index (Phi) is 6.98. The lowest BCUT2D eigenvalue weighted by Crippen LogP contribution is -2.61. The van der Waals surface area contributed by atoms with Crippen LogP contribution in [0.4, 0.5) is 5.69 Å². The standard InChI is InChI=1S/C18H20N2O8S3/c1-4-29-18-14(17(22)27-9-11-5-7-12(8-6-11)20(23)24)19-15(21)13(16(19)30-18)10(2)28-31(3,25)26/h5-8,10,13,16H,4,9H2,1-3H3/t10?,13?,16-/m1/s1. The fourth-order valence-corrected chi connectivity index (χ4v) is 6.71. The first kappa shape index (κ1) is 23.6. The number of hydrogen-bond acceptors (Lipinski definition) is 10. The molecule has 3 rings (SSSR count). The highest BCUT2D eigenvalue weighted by molar-refractivity contribution is 8.22. The van der Waals surface area contributed by atoms with Gasteiger partial charge in [-0.3, -0.25) is 24.0 Å². The van der Waals surface area contributed by atoms with Gasteiger partial charge in [0.25, 0.3) is 15.8 Å². The van der Waals surface area contributed by atoms with Gasteiger partial charge in [-0.1, -0.05) is 18.7 Å². The first-order chi connectivity index (χ1) is 14.5. The van der Waals surface area contributed by atoms with Crippen LogP contribution in [0.1, 0.15) is 19.4 Å². The molecule has 0 aliphatic carbocycles. The third-order valence-corrected chi connectivity index (χ3v) is 7.76. The van der Waals surface area contributed by atoms with Crippen LogP contribution in [0.2, 0.25) is 0 Å². The van der Waals surface area contributed by atoms with E-state index in [1.54, 1.807) is 0 Å². The largest absolute Gasteiger partial charge is 0.456 e. The smallest absolute Gasteiger partial charge is 0.357 e. The molecule has 1 fully saturated rings. The number of rotatable bonds is 9. The number of non-ortho nitro benzene ring substituents is 1. The molecule has 2 aliphatic rings. The van der Waals surface area contributed by atoms with E-state index < -0.39 is 44.3 Å². The minimum Gasteiger partial charge on any atom is -0.456 e. The number of hydrogen-bond donors (Lipinski definition) is 0. The first-order valence-corrected chi connectivity index (χ1v) is 12.9. The van der Waals surface area contributed by atoms with Crippen molar-refractivity contribution in [1.82, 2.24) is 4.90 Å². The molecule has 0 radical (unpaired) electrons. The van der Waals surface area contributed by atoms with Crippen molar-refractivity contribution >= 4 is 51.2 Å². The van der Waals surface area contributed by atoms with E-state index in [2.05, 4.69) is 0 Å². The van der Waals surface area contributed by atoms with Crippen molar-refractivity contribution in [2.45, 2.75) is 31.9 Å². The monoisotopic (exact) mass is 488 g/mol. The predicted molar refractivity (Wildman–Crippen MR) is 115 cm³/mol. The summed E-state index contributed by atoms with van der Waals surface area (Å²) in [7, 11) is -3.73. The highest BCUT2D eigenvalue weighted by Crippen LogP contribution is 2.54. The first-order valence-electron chi connectivity index (χ1n) is 9.19. The van der Waals surface area contributed by atoms with Gasteiger partial charge in [0.2, 0.25) is 5.91 Å². The Morgan fingerprint density at radius 2 is 2.00 bits per heavy atom. The topological polar surface area (TPSA) is 133 Å². The van der Waals surface area contributed by atoms with E-state index in [4.69, 9.17) is 8.92 Å². The summed E-state index contributed by atoms with van der Waals surface area (Å²) in [5.41, 5.74) is 0.628. The molecule has 13 heteroatoms. The summed E-state index contributed by atoms with van der Waals surface area (Å²) in [6.45, 7) is 3.31. The fraction of sp³-hybridized carbons (Fsp3) is 0.444. The van der Waals surface area contributed by atoms with E-state index in [1.807, 2.05) is 6.92 Å². The molecule has 31 heavy (non-hydrogen) atoms. The van der Waals surface area contributed by atoms with Gasteiger partial charge in [-0.25, -0.2) is 4.79 Å². The number of nitrogens with zero attached hydrogens (tertiary/aromatic N) is 2. The maximum absolute atomic E-state index is 12.8. The lowest BCUT2D eigenvalue weighted by molar-refractivity contribution is -0.384. The number of carbonyl (C=O) groups is 2. The van der Waals surface area contributed by atoms with Crippen molar-refractivity contribution in [3.8, 4) is 0 Å². The van der Waals surface area contributed by atoms with Gasteiger partial charge in [0.1, 0.15) is 12.0 Å². The molecule has 1 saturated heterocycles. The average Bonchev–Trinajstić information content (AvgIpc) is 2.99. The van der Waals surface area contributed by atoms with E-state index in [0.29, 0.717) is 15.6 Å². The molecule has 1 aromatic carbocycles. The third kappa shape index (κ3) is 5.05. The number of thioether (sulfide) groups is 2. The van der Waals surface area contributed by atoms with Crippen LogP contribution >= 0.6 is 23.5 Å². The van der Waals surface area contributed by atoms with Gasteiger partial charge < -0.3 is 4.74 Å². The number of nitro groups is 1. The van der Waals surface area contributed by atoms with Crippen LogP contribution in [0.3, 0.4) is 0 Å². The molecule has 1 amide bonds. The zero-order valence-corrected chi connectivity index (χ0v) is 19.3. The van der Waals surface area contributed by atoms with Crippen LogP contribution < -0.4 is 0 Å². The van der Waals surface area contributed by atoms with Crippen molar-refractivity contribution in [3.63, 3.8) is 0 Å². The maximum Gasteiger partial charge on any atom is 0.357 e. The fourth-order valence-electron chi connectivity index (χ4n) is 3.23. The number of benzene rings is 1. The van der Waals surface area contributed by atoms with Gasteiger partial charge in [-0.05, 0) is 30.4 Å². The van der Waals surface area contributed by atoms with Gasteiger partial charge in [0, 0.05) is 12.1 Å². The molecule has 0 N–H and O–H groups in total. The molecule has 0 aromatic heterocycles. The van der Waals surface area contributed by atoms with E-state index in [1.165, 1.54) is 59.6 Å². The van der Waals surface area contributed by atoms with E-state index in [0.717, 1.165) is 6.26 Å². The van der Waals surface area contributed by atoms with Gasteiger partial charge in [-0.2, -0.15) is 8.42 Å². The van der Waals surface area contributed by atoms with Gasteiger partial charge in [0.05, 0.1) is 27.4 Å². The highest BCUT2D eigenvalue weighted by atomic mass is 32.2. The van der Waals surface area contributed by atoms with Crippen molar-refractivity contribution in [2.75, 3.05) is 12.0 Å². The van der Waals surface area contributed by atoms with Gasteiger partial charge >= 0.3 is 5.97 Å². The summed E-state index contributed by atoms with van der Waals surface area (Å²) in [6, 6.07) is 5.61. The van der Waals surface area contributed by atoms with Crippen LogP contribution in [0.25, 0.3) is 0 Å². The van der Waals surface area contributed by atoms with Crippen LogP contribution in [-0.2, 0) is 35.2 Å². The number of nitro benzene ring substituents is 1. The van der Waals surface area contributed by atoms with Crippen molar-refractivity contribution in [2.24, 2.45) is 5.92 Å². The number of amides is 1. The zero-order valence-electron chi connectivity index (χ0n) is 16.8. The number of carbonyl (C=O) groups excluding carboxylic acids is 2. The van der Waals surface area contributed by atoms with Crippen molar-refractivity contribution < 1.29 is 31.9 Å². The predicted octanol–water partition coefficient (Wildman–Crippen LogP) is 2.46. The summed E-state index contributed by atoms with van der Waals surface area (Å²) in [6.07, 6.45) is 0.0590. The molecule has 2 unspecified atom stereocenters. The lowest BCUT2D eigenvalue weighted by atomic mass is 9.92. The number of esters is 1. The summed E-state index contributed by atoms with van der Waals surface area (Å²) >= 11 is 2.70. The summed E-state index contributed by atoms with van der Waals surface area (Å²) in [4.78, 5) is 37.1. The molecule has 2 aliphatic heterocycles. The summed E-state index contributed by atoms with van der Waals surface area (Å²) in [5.74, 6) is -1.13. The highest BCUT2D eigenvalue weighted by Gasteiger charge is 2.58. The molecule has 3 atom stereocenters. The third-order valence-electron chi connectivity index (χ3n) is 4.56. The van der Waals surface area contributed by atoms with Crippen molar-refractivity contribution in [1.29, 1.82) is 0 Å². The molecule has 0 bridgehead atoms. The Morgan fingerprint density at radius 1 is 1.35 bits per heavy atom. The minimum absolute atomic E-state index is 0.0721. The Balaban J connectivity index is 1.71. The van der Waals surface area contributed by atoms with Crippen LogP contribution in [0, 0.1) is 16.0 Å². The second kappa shape index (κ2) is 9.18. The van der Waals surface area contributed by atoms with E-state index >= 15 is 0 Å². The molecular weight excluding hydrogens is 468 g/mol. The molecule has 0 spiro atoms. The second-order valence-corrected chi connectivity index (χ2v) is 11.1. The number of β-lactam (4-membered cyclic amide) rings is 1. The second-order valence-electron chi connectivity index (χ2n) is 6.82. The van der Waals surface area contributed by atoms with Crippen LogP contribution in [0.5, 0.6) is 0 Å². The quantitative estimate of drug-likeness (QED) is 0.168. The average molecular weight is 489 g/mol. The Labute approximate surface area is 187 Å². The van der Waals surface area contributed by atoms with Gasteiger partial charge in [0.15, 0.2) is 5.70 Å². The summed E-state index contributed by atoms with van der Waals surface area (Å²) < 4.78 is 33.8. The SMILES string of the molecule is CCSC1=C(C(=O)OCc2ccc([N+](=O)[O-])cc2)N2C(=O)C(C(C)OS(C)(=O)=O)[C@H]2S1. The lowest BCUT2D eigenvalue weighted by Gasteiger charge is -2.44. The van der Waals surface area contributed by atoms with Crippen LogP contribution in [0.15, 0.2) is 34.2 Å². The van der Waals surface area contributed by atoms with Crippen LogP contribution in [-0.4, -0.2) is 53.6 Å². The Bertz CT molecular complexity index is 1040.